The Kier molecular flexibility index (Phi) is 6.53. The lowest BCUT2D eigenvalue weighted by Crippen LogP contribution is -2.26. The predicted molar refractivity (Wildman–Crippen MR) is 75.0 cm³/mol. The molecule has 20 heavy (non-hydrogen) atoms. The Morgan fingerprint density at radius 1 is 1.35 bits per heavy atom. The topological polar surface area (TPSA) is 119 Å². The van der Waals surface area contributed by atoms with E-state index in [1.807, 2.05) is 6.07 Å². The number of nitriles is 1. The van der Waals surface area contributed by atoms with E-state index < -0.39 is 10.0 Å². The second-order valence-electron chi connectivity index (χ2n) is 4.08. The molecule has 0 unspecified atom stereocenters. The zero-order valence-electron chi connectivity index (χ0n) is 10.9. The minimum Gasteiger partial charge on any atom is -0.215 e. The summed E-state index contributed by atoms with van der Waals surface area (Å²) in [7, 11) is -3.46. The van der Waals surface area contributed by atoms with Crippen LogP contribution < -0.4 is 4.72 Å². The van der Waals surface area contributed by atoms with Crippen LogP contribution in [0.4, 0.5) is 0 Å². The lowest BCUT2D eigenvalue weighted by molar-refractivity contribution is 0.576. The number of sulfonamides is 1. The van der Waals surface area contributed by atoms with Crippen LogP contribution in [0.15, 0.2) is 29.4 Å². The molecular formula is C12H15N5O2S. The number of hydrogen-bond acceptors (Lipinski definition) is 4. The van der Waals surface area contributed by atoms with Crippen molar-refractivity contribution in [2.45, 2.75) is 18.6 Å². The molecule has 1 aromatic rings. The first-order chi connectivity index (χ1) is 9.59. The smallest absolute Gasteiger partial charge is 0.215 e. The van der Waals surface area contributed by atoms with E-state index in [2.05, 4.69) is 14.7 Å². The van der Waals surface area contributed by atoms with Crippen molar-refractivity contribution in [1.29, 1.82) is 5.26 Å². The maximum absolute atomic E-state index is 11.9. The molecule has 0 saturated heterocycles. The molecule has 0 bridgehead atoms. The van der Waals surface area contributed by atoms with Gasteiger partial charge in [-0.3, -0.25) is 0 Å². The van der Waals surface area contributed by atoms with Crippen molar-refractivity contribution >= 4 is 10.0 Å². The summed E-state index contributed by atoms with van der Waals surface area (Å²) in [4.78, 5) is 2.61. The van der Waals surface area contributed by atoms with Crippen molar-refractivity contribution in [2.75, 3.05) is 13.1 Å². The summed E-state index contributed by atoms with van der Waals surface area (Å²) < 4.78 is 26.2. The van der Waals surface area contributed by atoms with E-state index in [4.69, 9.17) is 10.8 Å². The quantitative estimate of drug-likeness (QED) is 0.342. The van der Waals surface area contributed by atoms with Gasteiger partial charge in [0, 0.05) is 18.0 Å². The van der Waals surface area contributed by atoms with E-state index >= 15 is 0 Å². The van der Waals surface area contributed by atoms with Gasteiger partial charge in [-0.25, -0.2) is 13.1 Å². The Bertz CT molecular complexity index is 629. The molecule has 0 fully saturated rings. The molecule has 0 heterocycles. The van der Waals surface area contributed by atoms with Crippen molar-refractivity contribution in [1.82, 2.24) is 4.72 Å². The summed E-state index contributed by atoms with van der Waals surface area (Å²) in [6.07, 6.45) is 1.22. The van der Waals surface area contributed by atoms with Gasteiger partial charge in [0.15, 0.2) is 0 Å². The Morgan fingerprint density at radius 2 is 2.10 bits per heavy atom. The number of benzene rings is 1. The van der Waals surface area contributed by atoms with Crippen LogP contribution in [0.3, 0.4) is 0 Å². The number of nitrogens with zero attached hydrogens (tertiary/aromatic N) is 4. The number of rotatable bonds is 8. The largest absolute Gasteiger partial charge is 0.215 e. The molecule has 0 aliphatic rings. The van der Waals surface area contributed by atoms with Crippen molar-refractivity contribution in [3.8, 4) is 6.07 Å². The summed E-state index contributed by atoms with van der Waals surface area (Å²) in [5, 5.41) is 12.3. The average molecular weight is 293 g/mol. The standard InChI is InChI=1S/C12H15N5O2S/c13-9-11-5-1-2-6-12(11)10-20(18,19)16-8-4-3-7-15-17-14/h1-2,5-6,16H,3-4,7-8,10H2. The predicted octanol–water partition coefficient (Wildman–Crippen LogP) is 2.07. The molecule has 1 N–H and O–H groups in total. The van der Waals surface area contributed by atoms with Gasteiger partial charge in [0.25, 0.3) is 0 Å². The molecule has 0 amide bonds. The van der Waals surface area contributed by atoms with Crippen LogP contribution in [0.1, 0.15) is 24.0 Å². The fraction of sp³-hybridized carbons (Fsp3) is 0.417. The van der Waals surface area contributed by atoms with E-state index in [9.17, 15) is 8.42 Å². The lowest BCUT2D eigenvalue weighted by Gasteiger charge is -2.07. The second-order valence-corrected chi connectivity index (χ2v) is 5.89. The van der Waals surface area contributed by atoms with Crippen LogP contribution in [0.25, 0.3) is 10.4 Å². The molecule has 1 rings (SSSR count). The Hall–Kier alpha value is -2.07. The van der Waals surface area contributed by atoms with Crippen molar-refractivity contribution < 1.29 is 8.42 Å². The van der Waals surface area contributed by atoms with Gasteiger partial charge in [-0.2, -0.15) is 5.26 Å². The maximum atomic E-state index is 11.9. The fourth-order valence-corrected chi connectivity index (χ4v) is 2.81. The van der Waals surface area contributed by atoms with Gasteiger partial charge >= 0.3 is 0 Å². The van der Waals surface area contributed by atoms with Crippen LogP contribution in [0.2, 0.25) is 0 Å². The third-order valence-corrected chi connectivity index (χ3v) is 3.89. The van der Waals surface area contributed by atoms with Gasteiger partial charge in [0.2, 0.25) is 10.0 Å². The van der Waals surface area contributed by atoms with Crippen molar-refractivity contribution in [2.24, 2.45) is 5.11 Å². The summed E-state index contributed by atoms with van der Waals surface area (Å²) >= 11 is 0. The van der Waals surface area contributed by atoms with Gasteiger partial charge in [0.1, 0.15) is 0 Å². The van der Waals surface area contributed by atoms with Crippen LogP contribution >= 0.6 is 0 Å². The summed E-state index contributed by atoms with van der Waals surface area (Å²) in [5.74, 6) is -0.215. The number of azide groups is 1. The Morgan fingerprint density at radius 3 is 2.80 bits per heavy atom. The van der Waals surface area contributed by atoms with E-state index in [0.29, 0.717) is 30.5 Å². The first-order valence-corrected chi connectivity index (χ1v) is 7.70. The highest BCUT2D eigenvalue weighted by atomic mass is 32.2. The number of unbranched alkanes of at least 4 members (excludes halogenated alkanes) is 1. The highest BCUT2D eigenvalue weighted by Gasteiger charge is 2.13. The lowest BCUT2D eigenvalue weighted by atomic mass is 10.1. The second kappa shape index (κ2) is 8.17. The third-order valence-electron chi connectivity index (χ3n) is 2.55. The van der Waals surface area contributed by atoms with Gasteiger partial charge < -0.3 is 0 Å². The first-order valence-electron chi connectivity index (χ1n) is 6.05. The maximum Gasteiger partial charge on any atom is 0.215 e. The molecular weight excluding hydrogens is 278 g/mol. The molecule has 0 aromatic heterocycles. The molecule has 8 heteroatoms. The van der Waals surface area contributed by atoms with Crippen molar-refractivity contribution in [3.05, 3.63) is 45.8 Å². The van der Waals surface area contributed by atoms with Crippen molar-refractivity contribution in [3.63, 3.8) is 0 Å². The molecule has 0 saturated carbocycles. The highest BCUT2D eigenvalue weighted by molar-refractivity contribution is 7.88. The SMILES string of the molecule is N#Cc1ccccc1CS(=O)(=O)NCCCCN=[N+]=[N-]. The van der Waals surface area contributed by atoms with Gasteiger partial charge in [0.05, 0.1) is 17.4 Å². The molecule has 0 spiro atoms. The first kappa shape index (κ1) is 16.0. The average Bonchev–Trinajstić information content (AvgIpc) is 2.43. The van der Waals surface area contributed by atoms with Gasteiger partial charge in [-0.15, -0.1) is 0 Å². The molecule has 0 aliphatic carbocycles. The number of hydrogen-bond donors (Lipinski definition) is 1. The summed E-state index contributed by atoms with van der Waals surface area (Å²) in [6, 6.07) is 8.57. The highest BCUT2D eigenvalue weighted by Crippen LogP contribution is 2.10. The van der Waals surface area contributed by atoms with Crippen LogP contribution in [0.5, 0.6) is 0 Å². The minimum absolute atomic E-state index is 0.215. The molecule has 1 aromatic carbocycles. The zero-order chi connectivity index (χ0) is 14.8. The molecule has 0 radical (unpaired) electrons. The molecule has 7 nitrogen and oxygen atoms in total. The van der Waals surface area contributed by atoms with Gasteiger partial charge in [-0.05, 0) is 30.0 Å². The van der Waals surface area contributed by atoms with Crippen LogP contribution in [-0.4, -0.2) is 21.5 Å². The van der Waals surface area contributed by atoms with Crippen LogP contribution in [0, 0.1) is 11.3 Å². The van der Waals surface area contributed by atoms with Gasteiger partial charge in [-0.1, -0.05) is 23.3 Å². The molecule has 0 atom stereocenters. The molecule has 106 valence electrons. The summed E-state index contributed by atoms with van der Waals surface area (Å²) in [5.41, 5.74) is 8.93. The number of nitrogens with one attached hydrogen (secondary N) is 1. The minimum atomic E-state index is -3.46. The summed E-state index contributed by atoms with van der Waals surface area (Å²) in [6.45, 7) is 0.646. The monoisotopic (exact) mass is 293 g/mol. The van der Waals surface area contributed by atoms with E-state index in [-0.39, 0.29) is 12.3 Å². The van der Waals surface area contributed by atoms with E-state index in [1.165, 1.54) is 0 Å². The van der Waals surface area contributed by atoms with E-state index in [0.717, 1.165) is 0 Å². The molecule has 0 aliphatic heterocycles. The van der Waals surface area contributed by atoms with Crippen LogP contribution in [-0.2, 0) is 15.8 Å². The normalized spacial score (nSPS) is 10.6. The third kappa shape index (κ3) is 5.71. The zero-order valence-corrected chi connectivity index (χ0v) is 11.7. The van der Waals surface area contributed by atoms with E-state index in [1.54, 1.807) is 24.3 Å². The fourth-order valence-electron chi connectivity index (χ4n) is 1.59. The Balaban J connectivity index is 2.49. The Labute approximate surface area is 117 Å².